The number of carbonyl (C=O) groups is 1. The molecule has 0 fully saturated rings. The van der Waals surface area contributed by atoms with Crippen LogP contribution in [0.15, 0.2) is 36.4 Å². The van der Waals surface area contributed by atoms with Gasteiger partial charge in [0.1, 0.15) is 11.5 Å². The topological polar surface area (TPSA) is 44.8 Å². The standard InChI is InChI=1S/C56H73FO4S6/c1-12-18-20-34(14-3)30-36-22-24-40(62-36)44-38-32-42(50-51-46(53(67-50)56(10,11)16-5)47(57)52(66-51)54(58)61-29-28-60-27-26-59-17-6)64-48(38)45(39-33-43(55(7,8)9)65-49(39)44)41-25-23-37(63-41)31-35(15-4)21-19-13-2/h22-25,32-35H,12-21,26-31H2,1-11H3. The molecule has 0 bridgehead atoms. The van der Waals surface area contributed by atoms with Crippen LogP contribution in [0.3, 0.4) is 0 Å². The Morgan fingerprint density at radius 1 is 0.642 bits per heavy atom. The van der Waals surface area contributed by atoms with Crippen LogP contribution in [0, 0.1) is 17.7 Å². The second kappa shape index (κ2) is 23.2. The largest absolute Gasteiger partial charge is 0.459 e. The van der Waals surface area contributed by atoms with Gasteiger partial charge in [-0.15, -0.1) is 68.0 Å². The molecule has 364 valence electrons. The molecular formula is C56H73FO4S6. The van der Waals surface area contributed by atoms with Crippen LogP contribution in [0.1, 0.15) is 163 Å². The summed E-state index contributed by atoms with van der Waals surface area (Å²) in [5, 5.41) is 3.16. The van der Waals surface area contributed by atoms with Crippen LogP contribution < -0.4 is 0 Å². The van der Waals surface area contributed by atoms with Gasteiger partial charge in [0.05, 0.1) is 29.4 Å². The van der Waals surface area contributed by atoms with E-state index in [1.165, 1.54) is 118 Å². The molecule has 0 amide bonds. The number of thiophene rings is 6. The van der Waals surface area contributed by atoms with Crippen molar-refractivity contribution in [2.75, 3.05) is 33.0 Å². The summed E-state index contributed by atoms with van der Waals surface area (Å²) in [4.78, 5) is 23.8. The Hall–Kier alpha value is -2.48. The number of hydrogen-bond donors (Lipinski definition) is 0. The Morgan fingerprint density at radius 2 is 1.21 bits per heavy atom. The Balaban J connectivity index is 1.43. The van der Waals surface area contributed by atoms with Crippen molar-refractivity contribution in [3.63, 3.8) is 0 Å². The average molecular weight is 1020 g/mol. The number of ether oxygens (including phenoxy) is 3. The summed E-state index contributed by atoms with van der Waals surface area (Å²) in [6.07, 6.45) is 13.0. The molecule has 0 aliphatic heterocycles. The molecule has 7 aromatic rings. The van der Waals surface area contributed by atoms with E-state index in [1.807, 2.05) is 52.3 Å². The zero-order chi connectivity index (χ0) is 48.0. The maximum atomic E-state index is 17.0. The first kappa shape index (κ1) is 52.3. The molecule has 11 heteroatoms. The van der Waals surface area contributed by atoms with Gasteiger partial charge in [-0.2, -0.15) is 0 Å². The van der Waals surface area contributed by atoms with Crippen LogP contribution in [0.4, 0.5) is 4.39 Å². The Labute approximate surface area is 424 Å². The highest BCUT2D eigenvalue weighted by Crippen LogP contribution is 2.57. The predicted molar refractivity (Wildman–Crippen MR) is 296 cm³/mol. The Morgan fingerprint density at radius 3 is 1.76 bits per heavy atom. The molecular weight excluding hydrogens is 948 g/mol. The summed E-state index contributed by atoms with van der Waals surface area (Å²) in [6, 6.07) is 14.5. The van der Waals surface area contributed by atoms with Crippen molar-refractivity contribution in [1.82, 2.24) is 0 Å². The van der Waals surface area contributed by atoms with Crippen molar-refractivity contribution in [1.29, 1.82) is 0 Å². The van der Waals surface area contributed by atoms with Gasteiger partial charge >= 0.3 is 5.97 Å². The summed E-state index contributed by atoms with van der Waals surface area (Å²) in [7, 11) is 0. The fourth-order valence-electron chi connectivity index (χ4n) is 8.97. The maximum absolute atomic E-state index is 17.0. The van der Waals surface area contributed by atoms with Crippen LogP contribution in [-0.4, -0.2) is 39.0 Å². The number of unbranched alkanes of at least 4 members (excludes halogenated alkanes) is 2. The summed E-state index contributed by atoms with van der Waals surface area (Å²) in [5.41, 5.74) is 2.33. The van der Waals surface area contributed by atoms with Gasteiger partial charge in [0, 0.05) is 77.4 Å². The summed E-state index contributed by atoms with van der Waals surface area (Å²) < 4.78 is 37.0. The first-order chi connectivity index (χ1) is 32.2. The van der Waals surface area contributed by atoms with E-state index in [2.05, 4.69) is 106 Å². The molecule has 4 nitrogen and oxygen atoms in total. The minimum atomic E-state index is -0.638. The number of benzene rings is 1. The van der Waals surface area contributed by atoms with Crippen molar-refractivity contribution >= 4 is 104 Å². The molecule has 2 atom stereocenters. The van der Waals surface area contributed by atoms with E-state index in [4.69, 9.17) is 14.2 Å². The third-order valence-corrected chi connectivity index (χ3v) is 21.5. The number of halogens is 1. The van der Waals surface area contributed by atoms with Crippen LogP contribution in [0.5, 0.6) is 0 Å². The van der Waals surface area contributed by atoms with Gasteiger partial charge < -0.3 is 14.2 Å². The number of fused-ring (bicyclic) bond motifs is 3. The Kier molecular flexibility index (Phi) is 18.1. The smallest absolute Gasteiger partial charge is 0.351 e. The summed E-state index contributed by atoms with van der Waals surface area (Å²) >= 11 is 10.7. The number of hydrogen-bond acceptors (Lipinski definition) is 10. The highest BCUT2D eigenvalue weighted by molar-refractivity contribution is 7.32. The van der Waals surface area contributed by atoms with Gasteiger partial charge in [-0.25, -0.2) is 9.18 Å². The molecule has 2 unspecified atom stereocenters. The third kappa shape index (κ3) is 11.7. The summed E-state index contributed by atoms with van der Waals surface area (Å²) in [5.74, 6) is 0.271. The number of esters is 1. The molecule has 6 aromatic heterocycles. The molecule has 0 saturated carbocycles. The minimum Gasteiger partial charge on any atom is -0.459 e. The lowest BCUT2D eigenvalue weighted by Gasteiger charge is -2.21. The summed E-state index contributed by atoms with van der Waals surface area (Å²) in [6.45, 7) is 26.6. The van der Waals surface area contributed by atoms with Crippen LogP contribution >= 0.6 is 68.0 Å². The van der Waals surface area contributed by atoms with Gasteiger partial charge in [-0.05, 0) is 85.3 Å². The lowest BCUT2D eigenvalue weighted by atomic mass is 9.87. The highest BCUT2D eigenvalue weighted by Gasteiger charge is 2.34. The van der Waals surface area contributed by atoms with Crippen LogP contribution in [-0.2, 0) is 37.9 Å². The van der Waals surface area contributed by atoms with Gasteiger partial charge in [0.15, 0.2) is 5.82 Å². The van der Waals surface area contributed by atoms with E-state index in [1.54, 1.807) is 11.3 Å². The minimum absolute atomic E-state index is 0.0109. The molecule has 0 spiro atoms. The van der Waals surface area contributed by atoms with Crippen LogP contribution in [0.25, 0.3) is 60.9 Å². The second-order valence-electron chi connectivity index (χ2n) is 19.9. The van der Waals surface area contributed by atoms with E-state index in [-0.39, 0.29) is 28.9 Å². The predicted octanol–water partition coefficient (Wildman–Crippen LogP) is 19.4. The lowest BCUT2D eigenvalue weighted by molar-refractivity contribution is 0.0164. The first-order valence-corrected chi connectivity index (χ1v) is 29.9. The molecule has 0 aliphatic carbocycles. The molecule has 67 heavy (non-hydrogen) atoms. The van der Waals surface area contributed by atoms with Crippen molar-refractivity contribution in [3.05, 3.63) is 66.6 Å². The fourth-order valence-corrected chi connectivity index (χ4v) is 16.9. The van der Waals surface area contributed by atoms with Gasteiger partial charge in [-0.1, -0.05) is 121 Å². The number of carbonyl (C=O) groups excluding carboxylic acids is 1. The van der Waals surface area contributed by atoms with E-state index in [0.29, 0.717) is 37.0 Å². The van der Waals surface area contributed by atoms with Crippen molar-refractivity contribution in [2.45, 2.75) is 158 Å². The Bertz CT molecular complexity index is 2620. The molecule has 6 heterocycles. The van der Waals surface area contributed by atoms with E-state index >= 15 is 4.39 Å². The quantitative estimate of drug-likeness (QED) is 0.0423. The van der Waals surface area contributed by atoms with Gasteiger partial charge in [-0.3, -0.25) is 0 Å². The van der Waals surface area contributed by atoms with E-state index in [0.717, 1.165) is 38.6 Å². The molecule has 0 aliphatic rings. The zero-order valence-corrected chi connectivity index (χ0v) is 46.8. The molecule has 1 aromatic carbocycles. The van der Waals surface area contributed by atoms with Crippen molar-refractivity contribution in [3.8, 4) is 30.6 Å². The van der Waals surface area contributed by atoms with Crippen molar-refractivity contribution < 1.29 is 23.4 Å². The lowest BCUT2D eigenvalue weighted by Crippen LogP contribution is -2.14. The normalized spacial score (nSPS) is 13.5. The molecule has 0 radical (unpaired) electrons. The number of rotatable bonds is 25. The fraction of sp³-hybridized carbons (Fsp3) is 0.554. The van der Waals surface area contributed by atoms with E-state index in [9.17, 15) is 4.79 Å². The van der Waals surface area contributed by atoms with Crippen LogP contribution in [0.2, 0.25) is 0 Å². The van der Waals surface area contributed by atoms with Crippen molar-refractivity contribution in [2.24, 2.45) is 11.8 Å². The van der Waals surface area contributed by atoms with Gasteiger partial charge in [0.25, 0.3) is 0 Å². The third-order valence-electron chi connectivity index (χ3n) is 13.5. The second-order valence-corrected chi connectivity index (χ2v) is 26.4. The SMILES string of the molecule is CCCCC(CC)Cc1ccc(-c2c3cc(C(C)(C)C)sc3c(-c3ccc(CC(CC)CCCC)s3)c3cc(-c4sc(C(C)(C)CC)c5c(F)c(C(=O)OCCOCCOCC)sc45)sc23)s1. The molecule has 0 saturated heterocycles. The molecule has 7 rings (SSSR count). The average Bonchev–Trinajstić information content (AvgIpc) is 4.18. The molecule has 0 N–H and O–H groups in total. The first-order valence-electron chi connectivity index (χ1n) is 25.0. The highest BCUT2D eigenvalue weighted by atomic mass is 32.1. The monoisotopic (exact) mass is 1020 g/mol. The van der Waals surface area contributed by atoms with E-state index < -0.39 is 11.8 Å². The van der Waals surface area contributed by atoms with Gasteiger partial charge in [0.2, 0.25) is 0 Å². The maximum Gasteiger partial charge on any atom is 0.351 e. The zero-order valence-electron chi connectivity index (χ0n) is 41.9.